The molecule has 0 bridgehead atoms. The highest BCUT2D eigenvalue weighted by molar-refractivity contribution is 6.02. The summed E-state index contributed by atoms with van der Waals surface area (Å²) in [6.45, 7) is 0. The molecule has 0 radical (unpaired) electrons. The van der Waals surface area contributed by atoms with E-state index in [0.29, 0.717) is 22.2 Å². The van der Waals surface area contributed by atoms with Gasteiger partial charge in [-0.1, -0.05) is 12.1 Å². The summed E-state index contributed by atoms with van der Waals surface area (Å²) >= 11 is 0. The molecule has 3 aromatic rings. The van der Waals surface area contributed by atoms with E-state index in [1.807, 2.05) is 0 Å². The number of nitrogens with zero attached hydrogens (tertiary/aromatic N) is 1. The Morgan fingerprint density at radius 3 is 2.81 bits per heavy atom. The number of ether oxygens (including phenoxy) is 1. The third-order valence-corrected chi connectivity index (χ3v) is 3.14. The number of hydrogen-bond acceptors (Lipinski definition) is 6. The van der Waals surface area contributed by atoms with E-state index in [0.717, 1.165) is 0 Å². The molecule has 106 valence electrons. The maximum absolute atomic E-state index is 11.7. The first-order valence-electron chi connectivity index (χ1n) is 6.17. The minimum Gasteiger partial charge on any atom is -0.506 e. The normalized spacial score (nSPS) is 10.7. The van der Waals surface area contributed by atoms with Gasteiger partial charge in [0.15, 0.2) is 5.58 Å². The summed E-state index contributed by atoms with van der Waals surface area (Å²) in [6.07, 6.45) is 0. The van der Waals surface area contributed by atoms with Crippen LogP contribution in [-0.4, -0.2) is 23.2 Å². The Morgan fingerprint density at radius 2 is 2.05 bits per heavy atom. The molecule has 6 heteroatoms. The van der Waals surface area contributed by atoms with E-state index in [2.05, 4.69) is 4.98 Å². The number of para-hydroxylation sites is 2. The van der Waals surface area contributed by atoms with Gasteiger partial charge in [0.25, 0.3) is 0 Å². The van der Waals surface area contributed by atoms with Gasteiger partial charge < -0.3 is 20.0 Å². The summed E-state index contributed by atoms with van der Waals surface area (Å²) in [6, 6.07) is 9.76. The molecule has 1 heterocycles. The lowest BCUT2D eigenvalue weighted by Gasteiger charge is -2.02. The Hall–Kier alpha value is -3.02. The SMILES string of the molecule is COC(=O)c1cccc2oc(-c3cccc(O)c3N)nc12. The molecule has 0 aliphatic carbocycles. The molecule has 0 aliphatic heterocycles. The zero-order valence-electron chi connectivity index (χ0n) is 11.2. The van der Waals surface area contributed by atoms with Crippen molar-refractivity contribution in [1.82, 2.24) is 4.98 Å². The quantitative estimate of drug-likeness (QED) is 0.426. The van der Waals surface area contributed by atoms with E-state index in [-0.39, 0.29) is 17.3 Å². The predicted octanol–water partition coefficient (Wildman–Crippen LogP) is 2.57. The third kappa shape index (κ3) is 2.06. The van der Waals surface area contributed by atoms with Crippen LogP contribution in [0.5, 0.6) is 5.75 Å². The number of carbonyl (C=O) groups excluding carboxylic acids is 1. The number of aromatic hydroxyl groups is 1. The second-order valence-electron chi connectivity index (χ2n) is 4.40. The molecule has 21 heavy (non-hydrogen) atoms. The largest absolute Gasteiger partial charge is 0.506 e. The van der Waals surface area contributed by atoms with Crippen molar-refractivity contribution in [2.24, 2.45) is 0 Å². The van der Waals surface area contributed by atoms with Gasteiger partial charge in [-0.3, -0.25) is 0 Å². The number of carbonyl (C=O) groups is 1. The Bertz CT molecular complexity index is 839. The summed E-state index contributed by atoms with van der Waals surface area (Å²) in [5.74, 6) is -0.318. The van der Waals surface area contributed by atoms with Gasteiger partial charge in [0.05, 0.1) is 23.9 Å². The highest BCUT2D eigenvalue weighted by Crippen LogP contribution is 2.34. The van der Waals surface area contributed by atoms with Crippen molar-refractivity contribution < 1.29 is 19.1 Å². The number of benzene rings is 2. The number of methoxy groups -OCH3 is 1. The third-order valence-electron chi connectivity index (χ3n) is 3.14. The van der Waals surface area contributed by atoms with Crippen LogP contribution < -0.4 is 5.73 Å². The lowest BCUT2D eigenvalue weighted by atomic mass is 10.1. The Balaban J connectivity index is 2.22. The van der Waals surface area contributed by atoms with Crippen molar-refractivity contribution in [3.8, 4) is 17.2 Å². The van der Waals surface area contributed by atoms with Gasteiger partial charge in [-0.05, 0) is 24.3 Å². The van der Waals surface area contributed by atoms with Crippen molar-refractivity contribution in [2.45, 2.75) is 0 Å². The van der Waals surface area contributed by atoms with Crippen LogP contribution in [0.15, 0.2) is 40.8 Å². The van der Waals surface area contributed by atoms with E-state index < -0.39 is 5.97 Å². The monoisotopic (exact) mass is 284 g/mol. The van der Waals surface area contributed by atoms with Gasteiger partial charge >= 0.3 is 5.97 Å². The maximum atomic E-state index is 11.7. The molecule has 3 rings (SSSR count). The van der Waals surface area contributed by atoms with E-state index in [1.165, 1.54) is 13.2 Å². The van der Waals surface area contributed by atoms with Crippen molar-refractivity contribution in [2.75, 3.05) is 12.8 Å². The molecule has 0 fully saturated rings. The van der Waals surface area contributed by atoms with Crippen LogP contribution in [0.1, 0.15) is 10.4 Å². The van der Waals surface area contributed by atoms with Crippen LogP contribution in [0.3, 0.4) is 0 Å². The molecular formula is C15H12N2O4. The summed E-state index contributed by atoms with van der Waals surface area (Å²) in [5, 5.41) is 9.65. The van der Waals surface area contributed by atoms with Crippen LogP contribution in [0.2, 0.25) is 0 Å². The van der Waals surface area contributed by atoms with Crippen LogP contribution in [0.25, 0.3) is 22.6 Å². The summed E-state index contributed by atoms with van der Waals surface area (Å²) in [7, 11) is 1.30. The first-order chi connectivity index (χ1) is 10.1. The average Bonchev–Trinajstić information content (AvgIpc) is 2.92. The van der Waals surface area contributed by atoms with Crippen molar-refractivity contribution in [3.05, 3.63) is 42.0 Å². The van der Waals surface area contributed by atoms with E-state index in [1.54, 1.807) is 30.3 Å². The van der Waals surface area contributed by atoms with Gasteiger partial charge in [0.2, 0.25) is 5.89 Å². The van der Waals surface area contributed by atoms with Crippen LogP contribution in [0, 0.1) is 0 Å². The van der Waals surface area contributed by atoms with Crippen LogP contribution in [0.4, 0.5) is 5.69 Å². The number of anilines is 1. The standard InChI is InChI=1S/C15H12N2O4/c1-20-15(19)9-5-3-7-11-13(9)17-14(21-11)8-4-2-6-10(18)12(8)16/h2-7,18H,16H2,1H3. The molecule has 0 aliphatic rings. The molecule has 0 atom stereocenters. The summed E-state index contributed by atoms with van der Waals surface area (Å²) < 4.78 is 10.3. The highest BCUT2D eigenvalue weighted by Gasteiger charge is 2.18. The van der Waals surface area contributed by atoms with Gasteiger partial charge in [0, 0.05) is 0 Å². The number of phenolic OH excluding ortho intramolecular Hbond substituents is 1. The minimum atomic E-state index is -0.496. The molecule has 0 amide bonds. The number of esters is 1. The Kier molecular flexibility index (Phi) is 2.98. The van der Waals surface area contributed by atoms with Crippen molar-refractivity contribution in [1.29, 1.82) is 0 Å². The second kappa shape index (κ2) is 4.82. The van der Waals surface area contributed by atoms with Crippen molar-refractivity contribution in [3.63, 3.8) is 0 Å². The lowest BCUT2D eigenvalue weighted by Crippen LogP contribution is -2.01. The smallest absolute Gasteiger partial charge is 0.340 e. The van der Waals surface area contributed by atoms with Gasteiger partial charge in [-0.15, -0.1) is 0 Å². The van der Waals surface area contributed by atoms with Gasteiger partial charge in [0.1, 0.15) is 11.3 Å². The summed E-state index contributed by atoms with van der Waals surface area (Å²) in [5.41, 5.74) is 7.59. The van der Waals surface area contributed by atoms with Gasteiger partial charge in [-0.2, -0.15) is 0 Å². The number of nitrogen functional groups attached to an aromatic ring is 1. The van der Waals surface area contributed by atoms with Crippen LogP contribution in [-0.2, 0) is 4.74 Å². The minimum absolute atomic E-state index is 0.0528. The first kappa shape index (κ1) is 13.0. The number of aromatic nitrogens is 1. The zero-order chi connectivity index (χ0) is 15.0. The lowest BCUT2D eigenvalue weighted by molar-refractivity contribution is 0.0602. The zero-order valence-corrected chi connectivity index (χ0v) is 11.2. The molecule has 1 aromatic heterocycles. The Morgan fingerprint density at radius 1 is 1.29 bits per heavy atom. The first-order valence-corrected chi connectivity index (χ1v) is 6.17. The topological polar surface area (TPSA) is 98.6 Å². The second-order valence-corrected chi connectivity index (χ2v) is 4.40. The fourth-order valence-corrected chi connectivity index (χ4v) is 2.08. The molecule has 0 saturated heterocycles. The number of hydrogen-bond donors (Lipinski definition) is 2. The number of oxazole rings is 1. The molecular weight excluding hydrogens is 272 g/mol. The van der Waals surface area contributed by atoms with Crippen LogP contribution >= 0.6 is 0 Å². The molecule has 0 unspecified atom stereocenters. The highest BCUT2D eigenvalue weighted by atomic mass is 16.5. The molecule has 0 saturated carbocycles. The van der Waals surface area contributed by atoms with E-state index in [4.69, 9.17) is 14.9 Å². The van der Waals surface area contributed by atoms with Crippen molar-refractivity contribution >= 4 is 22.8 Å². The molecule has 3 N–H and O–H groups in total. The number of phenols is 1. The van der Waals surface area contributed by atoms with E-state index >= 15 is 0 Å². The maximum Gasteiger partial charge on any atom is 0.340 e. The molecule has 2 aromatic carbocycles. The predicted molar refractivity (Wildman–Crippen MR) is 76.9 cm³/mol. The average molecular weight is 284 g/mol. The van der Waals surface area contributed by atoms with Gasteiger partial charge in [-0.25, -0.2) is 9.78 Å². The Labute approximate surface area is 119 Å². The summed E-state index contributed by atoms with van der Waals surface area (Å²) in [4.78, 5) is 16.0. The molecule has 6 nitrogen and oxygen atoms in total. The fourth-order valence-electron chi connectivity index (χ4n) is 2.08. The number of nitrogens with two attached hydrogens (primary N) is 1. The van der Waals surface area contributed by atoms with E-state index in [9.17, 15) is 9.90 Å². The molecule has 0 spiro atoms. The fraction of sp³-hybridized carbons (Fsp3) is 0.0667. The number of rotatable bonds is 2. The number of fused-ring (bicyclic) bond motifs is 1.